The second kappa shape index (κ2) is 11.6. The molecule has 1 atom stereocenters. The average Bonchev–Trinajstić information content (AvgIpc) is 2.46. The van der Waals surface area contributed by atoms with Gasteiger partial charge in [0.05, 0.1) is 24.4 Å². The molecule has 4 heteroatoms. The second-order valence-electron chi connectivity index (χ2n) is 6.54. The molecule has 1 unspecified atom stereocenters. The van der Waals surface area contributed by atoms with E-state index in [0.29, 0.717) is 26.1 Å². The summed E-state index contributed by atoms with van der Waals surface area (Å²) in [5.41, 5.74) is -0.509. The first-order valence-corrected chi connectivity index (χ1v) is 8.20. The predicted molar refractivity (Wildman–Crippen MR) is 91.8 cm³/mol. The van der Waals surface area contributed by atoms with Gasteiger partial charge in [0.2, 0.25) is 0 Å². The minimum Gasteiger partial charge on any atom is -0.375 e. The molecule has 1 N–H and O–H groups in total. The molecule has 4 nitrogen and oxygen atoms in total. The van der Waals surface area contributed by atoms with E-state index in [1.165, 1.54) is 6.21 Å². The number of hydrogen-bond acceptors (Lipinski definition) is 4. The molecule has 22 heavy (non-hydrogen) atoms. The van der Waals surface area contributed by atoms with E-state index in [0.717, 1.165) is 38.4 Å². The molecule has 0 rings (SSSR count). The van der Waals surface area contributed by atoms with Crippen LogP contribution in [0.1, 0.15) is 65.7 Å². The molecule has 0 amide bonds. The summed E-state index contributed by atoms with van der Waals surface area (Å²) in [5, 5.41) is 7.09. The Bertz CT molecular complexity index is 312. The molecule has 0 heterocycles. The number of rotatable bonds is 15. The van der Waals surface area contributed by atoms with Crippen LogP contribution < -0.4 is 0 Å². The molecule has 128 valence electrons. The normalized spacial score (nSPS) is 14.3. The SMILES string of the molecule is C=CCCCC(C)(CCOC(C)(C)CCC=O)OCCC=N. The van der Waals surface area contributed by atoms with Crippen LogP contribution in [0.4, 0.5) is 0 Å². The molecule has 0 aromatic heterocycles. The first kappa shape index (κ1) is 21.0. The molecule has 0 spiro atoms. The largest absolute Gasteiger partial charge is 0.375 e. The maximum absolute atomic E-state index is 10.5. The third kappa shape index (κ3) is 10.7. The van der Waals surface area contributed by atoms with Gasteiger partial charge in [0, 0.05) is 12.8 Å². The minimum atomic E-state index is -0.280. The summed E-state index contributed by atoms with van der Waals surface area (Å²) in [6.45, 7) is 11.1. The van der Waals surface area contributed by atoms with Crippen molar-refractivity contribution in [1.82, 2.24) is 0 Å². The Hall–Kier alpha value is -1.00. The van der Waals surface area contributed by atoms with Crippen LogP contribution in [0.15, 0.2) is 12.7 Å². The molecule has 0 aromatic rings. The molecule has 0 aromatic carbocycles. The van der Waals surface area contributed by atoms with Crippen LogP contribution in [0, 0.1) is 5.41 Å². The summed E-state index contributed by atoms with van der Waals surface area (Å²) in [4.78, 5) is 10.5. The Balaban J connectivity index is 4.33. The monoisotopic (exact) mass is 311 g/mol. The van der Waals surface area contributed by atoms with E-state index in [-0.39, 0.29) is 11.2 Å². The Labute approximate surface area is 135 Å². The first-order chi connectivity index (χ1) is 10.4. The van der Waals surface area contributed by atoms with E-state index in [1.54, 1.807) is 0 Å². The number of carbonyl (C=O) groups excluding carboxylic acids is 1. The Morgan fingerprint density at radius 3 is 2.32 bits per heavy atom. The van der Waals surface area contributed by atoms with Crippen LogP contribution in [0.25, 0.3) is 0 Å². The van der Waals surface area contributed by atoms with Crippen molar-refractivity contribution in [2.24, 2.45) is 0 Å². The Kier molecular flexibility index (Phi) is 11.0. The van der Waals surface area contributed by atoms with Crippen LogP contribution in [-0.2, 0) is 14.3 Å². The second-order valence-corrected chi connectivity index (χ2v) is 6.54. The van der Waals surface area contributed by atoms with Gasteiger partial charge in [-0.3, -0.25) is 0 Å². The molecular formula is C18H33NO3. The predicted octanol–water partition coefficient (Wildman–Crippen LogP) is 4.32. The highest BCUT2D eigenvalue weighted by Crippen LogP contribution is 2.25. The zero-order chi connectivity index (χ0) is 16.9. The lowest BCUT2D eigenvalue weighted by molar-refractivity contribution is -0.110. The smallest absolute Gasteiger partial charge is 0.120 e. The lowest BCUT2D eigenvalue weighted by Crippen LogP contribution is -2.33. The molecule has 0 fully saturated rings. The maximum Gasteiger partial charge on any atom is 0.120 e. The van der Waals surface area contributed by atoms with Crippen molar-refractivity contribution >= 4 is 12.5 Å². The van der Waals surface area contributed by atoms with Gasteiger partial charge < -0.3 is 19.7 Å². The van der Waals surface area contributed by atoms with E-state index < -0.39 is 0 Å². The molecular weight excluding hydrogens is 278 g/mol. The fraction of sp³-hybridized carbons (Fsp3) is 0.778. The fourth-order valence-corrected chi connectivity index (χ4v) is 2.28. The van der Waals surface area contributed by atoms with Crippen molar-refractivity contribution < 1.29 is 14.3 Å². The lowest BCUT2D eigenvalue weighted by atomic mass is 9.94. The van der Waals surface area contributed by atoms with Crippen LogP contribution in [0.2, 0.25) is 0 Å². The molecule has 0 aliphatic heterocycles. The Morgan fingerprint density at radius 2 is 1.73 bits per heavy atom. The van der Waals surface area contributed by atoms with Gasteiger partial charge in [-0.15, -0.1) is 6.58 Å². The van der Waals surface area contributed by atoms with Gasteiger partial charge in [-0.25, -0.2) is 0 Å². The summed E-state index contributed by atoms with van der Waals surface area (Å²) in [7, 11) is 0. The van der Waals surface area contributed by atoms with Crippen LogP contribution >= 0.6 is 0 Å². The van der Waals surface area contributed by atoms with E-state index in [9.17, 15) is 4.79 Å². The number of hydrogen-bond donors (Lipinski definition) is 1. The van der Waals surface area contributed by atoms with Crippen molar-refractivity contribution in [2.45, 2.75) is 76.9 Å². The van der Waals surface area contributed by atoms with Gasteiger partial charge in [-0.1, -0.05) is 6.08 Å². The zero-order valence-electron chi connectivity index (χ0n) is 14.5. The lowest BCUT2D eigenvalue weighted by Gasteiger charge is -2.32. The van der Waals surface area contributed by atoms with Gasteiger partial charge in [-0.05, 0) is 59.1 Å². The molecule has 0 saturated carbocycles. The van der Waals surface area contributed by atoms with Crippen LogP contribution in [0.3, 0.4) is 0 Å². The van der Waals surface area contributed by atoms with Crippen LogP contribution in [0.5, 0.6) is 0 Å². The average molecular weight is 311 g/mol. The van der Waals surface area contributed by atoms with Gasteiger partial charge in [0.1, 0.15) is 6.29 Å². The minimum absolute atomic E-state index is 0.229. The van der Waals surface area contributed by atoms with Gasteiger partial charge >= 0.3 is 0 Å². The van der Waals surface area contributed by atoms with Gasteiger partial charge in [0.15, 0.2) is 0 Å². The number of allylic oxidation sites excluding steroid dienone is 1. The molecule has 0 radical (unpaired) electrons. The van der Waals surface area contributed by atoms with Crippen molar-refractivity contribution in [3.8, 4) is 0 Å². The summed E-state index contributed by atoms with van der Waals surface area (Å²) in [6.07, 6.45) is 9.93. The zero-order valence-corrected chi connectivity index (χ0v) is 14.5. The summed E-state index contributed by atoms with van der Waals surface area (Å²) >= 11 is 0. The molecule has 0 saturated heterocycles. The van der Waals surface area contributed by atoms with Crippen molar-refractivity contribution in [3.63, 3.8) is 0 Å². The topological polar surface area (TPSA) is 59.4 Å². The van der Waals surface area contributed by atoms with Crippen molar-refractivity contribution in [3.05, 3.63) is 12.7 Å². The van der Waals surface area contributed by atoms with Crippen molar-refractivity contribution in [1.29, 1.82) is 5.41 Å². The summed E-state index contributed by atoms with van der Waals surface area (Å²) in [5.74, 6) is 0. The molecule has 0 aliphatic carbocycles. The number of ether oxygens (including phenoxy) is 2. The third-order valence-electron chi connectivity index (χ3n) is 3.81. The molecule has 0 bridgehead atoms. The summed E-state index contributed by atoms with van der Waals surface area (Å²) < 4.78 is 11.9. The van der Waals surface area contributed by atoms with E-state index in [1.807, 2.05) is 19.9 Å². The number of aldehydes is 1. The Morgan fingerprint density at radius 1 is 1.00 bits per heavy atom. The van der Waals surface area contributed by atoms with E-state index in [2.05, 4.69) is 13.5 Å². The maximum atomic E-state index is 10.5. The van der Waals surface area contributed by atoms with E-state index >= 15 is 0 Å². The van der Waals surface area contributed by atoms with Crippen LogP contribution in [-0.4, -0.2) is 36.9 Å². The quantitative estimate of drug-likeness (QED) is 0.212. The number of carbonyl (C=O) groups is 1. The van der Waals surface area contributed by atoms with Gasteiger partial charge in [0.25, 0.3) is 0 Å². The number of nitrogens with one attached hydrogen (secondary N) is 1. The number of unbranched alkanes of at least 4 members (excludes halogenated alkanes) is 1. The fourth-order valence-electron chi connectivity index (χ4n) is 2.28. The van der Waals surface area contributed by atoms with Gasteiger partial charge in [-0.2, -0.15) is 0 Å². The third-order valence-corrected chi connectivity index (χ3v) is 3.81. The molecule has 0 aliphatic rings. The highest BCUT2D eigenvalue weighted by atomic mass is 16.5. The first-order valence-electron chi connectivity index (χ1n) is 8.20. The highest BCUT2D eigenvalue weighted by molar-refractivity contribution is 5.52. The summed E-state index contributed by atoms with van der Waals surface area (Å²) in [6, 6.07) is 0. The standard InChI is InChI=1S/C18H33NO3/c1-5-6-7-11-18(4,22-15-9-13-19)12-16-21-17(2,3)10-8-14-20/h5,13-14,19H,1,6-12,15-16H2,2-4H3. The van der Waals surface area contributed by atoms with E-state index in [4.69, 9.17) is 14.9 Å². The van der Waals surface area contributed by atoms with Crippen molar-refractivity contribution in [2.75, 3.05) is 13.2 Å². The highest BCUT2D eigenvalue weighted by Gasteiger charge is 2.26.